The summed E-state index contributed by atoms with van der Waals surface area (Å²) < 4.78 is 24.0. The molecule has 0 spiro atoms. The third-order valence-electron chi connectivity index (χ3n) is 5.33. The number of hydrogen-bond donors (Lipinski definition) is 1. The van der Waals surface area contributed by atoms with Gasteiger partial charge in [-0.3, -0.25) is 4.79 Å². The zero-order chi connectivity index (χ0) is 16.2. The van der Waals surface area contributed by atoms with Crippen LogP contribution in [0.5, 0.6) is 0 Å². The fraction of sp³-hybridized carbons (Fsp3) is 0.938. The Labute approximate surface area is 146 Å². The van der Waals surface area contributed by atoms with Crippen LogP contribution < -0.4 is 5.32 Å². The van der Waals surface area contributed by atoms with Crippen LogP contribution in [0.3, 0.4) is 0 Å². The molecule has 1 N–H and O–H groups in total. The summed E-state index contributed by atoms with van der Waals surface area (Å²) in [5, 5.41) is 2.96. The summed E-state index contributed by atoms with van der Waals surface area (Å²) in [5.74, 6) is 0.745. The first-order valence-corrected chi connectivity index (χ1v) is 10.5. The van der Waals surface area contributed by atoms with Crippen LogP contribution in [0, 0.1) is 5.92 Å². The minimum absolute atomic E-state index is 0. The van der Waals surface area contributed by atoms with Crippen molar-refractivity contribution in [2.24, 2.45) is 5.92 Å². The van der Waals surface area contributed by atoms with Crippen molar-refractivity contribution in [1.82, 2.24) is 10.2 Å². The van der Waals surface area contributed by atoms with Gasteiger partial charge in [-0.1, -0.05) is 12.8 Å². The Kier molecular flexibility index (Phi) is 8.31. The van der Waals surface area contributed by atoms with Crippen LogP contribution in [0.25, 0.3) is 0 Å². The Bertz CT molecular complexity index is 478. The molecule has 0 bridgehead atoms. The average Bonchev–Trinajstić information content (AvgIpc) is 2.52. The second-order valence-corrected chi connectivity index (χ2v) is 9.22. The van der Waals surface area contributed by atoms with Gasteiger partial charge >= 0.3 is 0 Å². The first-order valence-electron chi connectivity index (χ1n) is 8.55. The topological polar surface area (TPSA) is 66.5 Å². The predicted molar refractivity (Wildman–Crippen MR) is 95.7 cm³/mol. The number of halogens is 1. The maximum absolute atomic E-state index is 12.5. The highest BCUT2D eigenvalue weighted by molar-refractivity contribution is 7.91. The van der Waals surface area contributed by atoms with Crippen molar-refractivity contribution in [3.63, 3.8) is 0 Å². The lowest BCUT2D eigenvalue weighted by Crippen LogP contribution is -2.49. The van der Waals surface area contributed by atoms with Crippen LogP contribution in [0.4, 0.5) is 0 Å². The number of piperidine rings is 1. The first-order chi connectivity index (χ1) is 10.4. The van der Waals surface area contributed by atoms with Crippen LogP contribution in [-0.2, 0) is 14.6 Å². The molecule has 2 fully saturated rings. The number of nitrogens with zero attached hydrogens (tertiary/aromatic N) is 1. The van der Waals surface area contributed by atoms with E-state index in [1.54, 1.807) is 11.9 Å². The molecule has 2 atom stereocenters. The summed E-state index contributed by atoms with van der Waals surface area (Å²) in [7, 11) is -1.30. The van der Waals surface area contributed by atoms with E-state index in [4.69, 9.17) is 0 Å². The van der Waals surface area contributed by atoms with Gasteiger partial charge in [0.15, 0.2) is 9.84 Å². The van der Waals surface area contributed by atoms with Crippen molar-refractivity contribution >= 4 is 28.2 Å². The average molecular weight is 367 g/mol. The Balaban J connectivity index is 0.00000264. The quantitative estimate of drug-likeness (QED) is 0.808. The number of rotatable bonds is 5. The molecule has 5 nitrogen and oxygen atoms in total. The fourth-order valence-corrected chi connectivity index (χ4v) is 5.36. The summed E-state index contributed by atoms with van der Waals surface area (Å²) in [4.78, 5) is 14.2. The molecule has 2 unspecified atom stereocenters. The molecular weight excluding hydrogens is 336 g/mol. The number of hydrogen-bond acceptors (Lipinski definition) is 4. The zero-order valence-electron chi connectivity index (χ0n) is 14.3. The number of carbonyl (C=O) groups excluding carboxylic acids is 1. The van der Waals surface area contributed by atoms with Gasteiger partial charge in [0.25, 0.3) is 0 Å². The van der Waals surface area contributed by atoms with Gasteiger partial charge in [0.2, 0.25) is 5.91 Å². The van der Waals surface area contributed by atoms with E-state index in [1.165, 1.54) is 6.26 Å². The Hall–Kier alpha value is -0.330. The summed E-state index contributed by atoms with van der Waals surface area (Å²) in [6, 6.07) is -0.135. The van der Waals surface area contributed by atoms with Crippen molar-refractivity contribution in [1.29, 1.82) is 0 Å². The molecule has 136 valence electrons. The van der Waals surface area contributed by atoms with Crippen molar-refractivity contribution in [3.8, 4) is 0 Å². The highest BCUT2D eigenvalue weighted by atomic mass is 35.5. The van der Waals surface area contributed by atoms with E-state index in [0.717, 1.165) is 51.6 Å². The number of sulfone groups is 1. The molecule has 2 aliphatic rings. The number of carbonyl (C=O) groups is 1. The van der Waals surface area contributed by atoms with E-state index in [2.05, 4.69) is 5.32 Å². The fourth-order valence-electron chi connectivity index (χ4n) is 3.88. The van der Waals surface area contributed by atoms with E-state index >= 15 is 0 Å². The molecule has 1 amide bonds. The van der Waals surface area contributed by atoms with E-state index in [1.807, 2.05) is 0 Å². The Morgan fingerprint density at radius 2 is 1.74 bits per heavy atom. The maximum atomic E-state index is 12.5. The second kappa shape index (κ2) is 9.23. The van der Waals surface area contributed by atoms with Crippen LogP contribution in [0.15, 0.2) is 0 Å². The van der Waals surface area contributed by atoms with Gasteiger partial charge in [0.05, 0.1) is 5.25 Å². The number of nitrogens with one attached hydrogen (secondary N) is 1. The lowest BCUT2D eigenvalue weighted by molar-refractivity contribution is -0.132. The molecular formula is C16H31ClN2O3S. The molecule has 1 saturated heterocycles. The third kappa shape index (κ3) is 5.91. The van der Waals surface area contributed by atoms with Crippen molar-refractivity contribution in [2.75, 3.05) is 26.4 Å². The van der Waals surface area contributed by atoms with Gasteiger partial charge in [0.1, 0.15) is 0 Å². The van der Waals surface area contributed by atoms with E-state index in [9.17, 15) is 13.2 Å². The molecule has 1 heterocycles. The molecule has 1 saturated carbocycles. The highest BCUT2D eigenvalue weighted by Crippen LogP contribution is 2.28. The smallest absolute Gasteiger partial charge is 0.222 e. The normalized spacial score (nSPS) is 26.3. The second-order valence-electron chi connectivity index (χ2n) is 6.96. The van der Waals surface area contributed by atoms with Gasteiger partial charge in [-0.05, 0) is 51.1 Å². The van der Waals surface area contributed by atoms with E-state index < -0.39 is 9.84 Å². The number of amides is 1. The van der Waals surface area contributed by atoms with Crippen LogP contribution in [-0.4, -0.2) is 56.9 Å². The highest BCUT2D eigenvalue weighted by Gasteiger charge is 2.36. The van der Waals surface area contributed by atoms with Gasteiger partial charge < -0.3 is 10.2 Å². The minimum atomic E-state index is -3.09. The van der Waals surface area contributed by atoms with E-state index in [0.29, 0.717) is 18.8 Å². The van der Waals surface area contributed by atoms with Crippen molar-refractivity contribution in [3.05, 3.63) is 0 Å². The van der Waals surface area contributed by atoms with E-state index in [-0.39, 0.29) is 29.6 Å². The first kappa shape index (κ1) is 20.7. The van der Waals surface area contributed by atoms with Gasteiger partial charge in [-0.25, -0.2) is 8.42 Å². The SMILES string of the molecule is CN(C(=O)CCC1CCNCC1)C1CCCCC1S(C)(=O)=O.Cl. The third-order valence-corrected chi connectivity index (χ3v) is 6.98. The molecule has 0 aromatic carbocycles. The summed E-state index contributed by atoms with van der Waals surface area (Å²) in [6.45, 7) is 2.10. The van der Waals surface area contributed by atoms with Gasteiger partial charge in [-0.15, -0.1) is 12.4 Å². The molecule has 2 rings (SSSR count). The molecule has 1 aliphatic carbocycles. The molecule has 1 aliphatic heterocycles. The lowest BCUT2D eigenvalue weighted by Gasteiger charge is -2.37. The molecule has 0 radical (unpaired) electrons. The predicted octanol–water partition coefficient (Wildman–Crippen LogP) is 2.00. The summed E-state index contributed by atoms with van der Waals surface area (Å²) in [6.07, 6.45) is 8.55. The van der Waals surface area contributed by atoms with Crippen molar-refractivity contribution in [2.45, 2.75) is 62.7 Å². The Morgan fingerprint density at radius 1 is 1.13 bits per heavy atom. The minimum Gasteiger partial charge on any atom is -0.341 e. The van der Waals surface area contributed by atoms with Crippen LogP contribution >= 0.6 is 12.4 Å². The standard InChI is InChI=1S/C16H30N2O3S.ClH/c1-18(14-5-3-4-6-15(14)22(2,20)21)16(19)8-7-13-9-11-17-12-10-13;/h13-15,17H,3-12H2,1-2H3;1H. The maximum Gasteiger partial charge on any atom is 0.222 e. The summed E-state index contributed by atoms with van der Waals surface area (Å²) >= 11 is 0. The zero-order valence-corrected chi connectivity index (χ0v) is 15.9. The van der Waals surface area contributed by atoms with Crippen LogP contribution in [0.1, 0.15) is 51.4 Å². The molecule has 23 heavy (non-hydrogen) atoms. The van der Waals surface area contributed by atoms with Gasteiger partial charge in [-0.2, -0.15) is 0 Å². The molecule has 0 aromatic rings. The van der Waals surface area contributed by atoms with Crippen LogP contribution in [0.2, 0.25) is 0 Å². The monoisotopic (exact) mass is 366 g/mol. The largest absolute Gasteiger partial charge is 0.341 e. The molecule has 0 aromatic heterocycles. The van der Waals surface area contributed by atoms with Gasteiger partial charge in [0, 0.05) is 25.8 Å². The Morgan fingerprint density at radius 3 is 2.35 bits per heavy atom. The summed E-state index contributed by atoms with van der Waals surface area (Å²) in [5.41, 5.74) is 0. The molecule has 7 heteroatoms. The van der Waals surface area contributed by atoms with Crippen molar-refractivity contribution < 1.29 is 13.2 Å². The lowest BCUT2D eigenvalue weighted by atomic mass is 9.91.